The van der Waals surface area contributed by atoms with Crippen molar-refractivity contribution in [2.24, 2.45) is 5.10 Å². The lowest BCUT2D eigenvalue weighted by Gasteiger charge is -2.03. The molecule has 23 heavy (non-hydrogen) atoms. The zero-order valence-electron chi connectivity index (χ0n) is 12.2. The van der Waals surface area contributed by atoms with Crippen LogP contribution in [0.1, 0.15) is 18.1 Å². The van der Waals surface area contributed by atoms with Crippen LogP contribution in [-0.2, 0) is 6.42 Å². The highest BCUT2D eigenvalue weighted by atomic mass is 35.5. The van der Waals surface area contributed by atoms with E-state index in [0.717, 1.165) is 22.9 Å². The Morgan fingerprint density at radius 1 is 1.26 bits per heavy atom. The number of aromatic amines is 1. The van der Waals surface area contributed by atoms with E-state index in [1.54, 1.807) is 6.21 Å². The van der Waals surface area contributed by atoms with Crippen molar-refractivity contribution >= 4 is 57.7 Å². The Kier molecular flexibility index (Phi) is 4.76. The van der Waals surface area contributed by atoms with Crippen LogP contribution in [0.25, 0.3) is 10.9 Å². The smallest absolute Gasteiger partial charge is 0.166 e. The molecule has 0 aliphatic heterocycles. The third-order valence-corrected chi connectivity index (χ3v) is 4.44. The zero-order valence-corrected chi connectivity index (χ0v) is 14.5. The van der Waals surface area contributed by atoms with Crippen LogP contribution in [0, 0.1) is 0 Å². The molecular formula is C16H13Cl3N4. The average Bonchev–Trinajstić information content (AvgIpc) is 2.95. The van der Waals surface area contributed by atoms with E-state index in [1.807, 2.05) is 12.3 Å². The largest absolute Gasteiger partial charge is 0.360 e. The van der Waals surface area contributed by atoms with Gasteiger partial charge < -0.3 is 4.98 Å². The summed E-state index contributed by atoms with van der Waals surface area (Å²) < 4.78 is 0. The summed E-state index contributed by atoms with van der Waals surface area (Å²) in [6.07, 6.45) is 4.59. The lowest BCUT2D eigenvalue weighted by Crippen LogP contribution is -1.95. The van der Waals surface area contributed by atoms with Gasteiger partial charge in [-0.1, -0.05) is 59.9 Å². The number of anilines is 1. The van der Waals surface area contributed by atoms with Crippen molar-refractivity contribution in [1.29, 1.82) is 0 Å². The normalized spacial score (nSPS) is 11.5. The number of hydrazone groups is 1. The predicted octanol–water partition coefficient (Wildman–Crippen LogP) is 5.53. The fourth-order valence-corrected chi connectivity index (χ4v) is 2.87. The second-order valence-corrected chi connectivity index (χ2v) is 6.07. The van der Waals surface area contributed by atoms with Crippen molar-refractivity contribution < 1.29 is 0 Å². The summed E-state index contributed by atoms with van der Waals surface area (Å²) in [4.78, 5) is 7.33. The minimum atomic E-state index is 0.174. The van der Waals surface area contributed by atoms with Crippen molar-refractivity contribution in [3.8, 4) is 0 Å². The summed E-state index contributed by atoms with van der Waals surface area (Å²) in [5.74, 6) is 0.353. The molecule has 2 aromatic heterocycles. The lowest BCUT2D eigenvalue weighted by molar-refractivity contribution is 1.15. The molecular weight excluding hydrogens is 355 g/mol. The molecule has 7 heteroatoms. The number of nitrogens with zero attached hydrogens (tertiary/aromatic N) is 2. The first kappa shape index (κ1) is 16.1. The number of nitrogens with one attached hydrogen (secondary N) is 2. The molecule has 3 aromatic rings. The first-order chi connectivity index (χ1) is 11.1. The van der Waals surface area contributed by atoms with Crippen LogP contribution in [-0.4, -0.2) is 16.2 Å². The third kappa shape index (κ3) is 3.29. The number of fused-ring (bicyclic) bond motifs is 1. The summed E-state index contributed by atoms with van der Waals surface area (Å²) >= 11 is 17.8. The molecule has 2 heterocycles. The number of rotatable bonds is 4. The van der Waals surface area contributed by atoms with E-state index < -0.39 is 0 Å². The van der Waals surface area contributed by atoms with E-state index in [1.165, 1.54) is 11.6 Å². The maximum Gasteiger partial charge on any atom is 0.166 e. The number of benzene rings is 1. The van der Waals surface area contributed by atoms with Gasteiger partial charge in [0.2, 0.25) is 0 Å². The Hall–Kier alpha value is -1.75. The Labute approximate surface area is 148 Å². The van der Waals surface area contributed by atoms with E-state index in [4.69, 9.17) is 34.8 Å². The van der Waals surface area contributed by atoms with E-state index in [9.17, 15) is 0 Å². The minimum Gasteiger partial charge on any atom is -0.360 e. The maximum atomic E-state index is 6.05. The monoisotopic (exact) mass is 366 g/mol. The number of aromatic nitrogens is 2. The summed E-state index contributed by atoms with van der Waals surface area (Å²) in [6, 6.07) is 7.72. The van der Waals surface area contributed by atoms with E-state index in [0.29, 0.717) is 15.9 Å². The SMILES string of the molecule is CCc1cccc2c(/C=N/Nc3nc(Cl)c(Cl)cc3Cl)c[nH]c12. The van der Waals surface area contributed by atoms with Gasteiger partial charge in [0.25, 0.3) is 0 Å². The van der Waals surface area contributed by atoms with Crippen molar-refractivity contribution in [2.45, 2.75) is 13.3 Å². The van der Waals surface area contributed by atoms with Gasteiger partial charge in [-0.05, 0) is 18.1 Å². The minimum absolute atomic E-state index is 0.174. The second kappa shape index (κ2) is 6.79. The van der Waals surface area contributed by atoms with Gasteiger partial charge in [0, 0.05) is 22.7 Å². The molecule has 0 aliphatic carbocycles. The topological polar surface area (TPSA) is 53.1 Å². The van der Waals surface area contributed by atoms with Crippen LogP contribution in [0.3, 0.4) is 0 Å². The molecule has 0 spiro atoms. The van der Waals surface area contributed by atoms with Crippen molar-refractivity contribution in [3.63, 3.8) is 0 Å². The van der Waals surface area contributed by atoms with Gasteiger partial charge in [0.15, 0.2) is 5.82 Å². The van der Waals surface area contributed by atoms with Crippen LogP contribution in [0.5, 0.6) is 0 Å². The quantitative estimate of drug-likeness (QED) is 0.362. The molecule has 0 unspecified atom stereocenters. The number of H-pyrrole nitrogens is 1. The van der Waals surface area contributed by atoms with Crippen LogP contribution in [0.2, 0.25) is 15.2 Å². The maximum absolute atomic E-state index is 6.05. The summed E-state index contributed by atoms with van der Waals surface area (Å²) in [5.41, 5.74) is 6.15. The molecule has 0 atom stereocenters. The van der Waals surface area contributed by atoms with Gasteiger partial charge in [0.1, 0.15) is 5.15 Å². The Morgan fingerprint density at radius 3 is 2.87 bits per heavy atom. The van der Waals surface area contributed by atoms with Gasteiger partial charge in [-0.15, -0.1) is 0 Å². The van der Waals surface area contributed by atoms with E-state index in [-0.39, 0.29) is 5.15 Å². The van der Waals surface area contributed by atoms with Gasteiger partial charge in [0.05, 0.1) is 16.3 Å². The van der Waals surface area contributed by atoms with E-state index in [2.05, 4.69) is 39.6 Å². The number of hydrogen-bond acceptors (Lipinski definition) is 3. The molecule has 0 saturated heterocycles. The van der Waals surface area contributed by atoms with Crippen LogP contribution >= 0.6 is 34.8 Å². The van der Waals surface area contributed by atoms with Gasteiger partial charge in [-0.3, -0.25) is 5.43 Å². The number of hydrogen-bond donors (Lipinski definition) is 2. The van der Waals surface area contributed by atoms with Crippen molar-refractivity contribution in [3.05, 3.63) is 56.8 Å². The summed E-state index contributed by atoms with van der Waals surface area (Å²) in [5, 5.41) is 6.12. The summed E-state index contributed by atoms with van der Waals surface area (Å²) in [6.45, 7) is 2.13. The highest BCUT2D eigenvalue weighted by Crippen LogP contribution is 2.28. The highest BCUT2D eigenvalue weighted by molar-refractivity contribution is 6.42. The number of halogens is 3. The first-order valence-electron chi connectivity index (χ1n) is 6.99. The lowest BCUT2D eigenvalue weighted by atomic mass is 10.1. The molecule has 0 amide bonds. The van der Waals surface area contributed by atoms with Crippen molar-refractivity contribution in [1.82, 2.24) is 9.97 Å². The molecule has 1 aromatic carbocycles. The number of aryl methyl sites for hydroxylation is 1. The van der Waals surface area contributed by atoms with E-state index >= 15 is 0 Å². The number of para-hydroxylation sites is 1. The molecule has 0 saturated carbocycles. The molecule has 3 rings (SSSR count). The molecule has 4 nitrogen and oxygen atoms in total. The van der Waals surface area contributed by atoms with Gasteiger partial charge in [-0.2, -0.15) is 5.10 Å². The average molecular weight is 368 g/mol. The Morgan fingerprint density at radius 2 is 2.09 bits per heavy atom. The highest BCUT2D eigenvalue weighted by Gasteiger charge is 2.07. The molecule has 0 aliphatic rings. The van der Waals surface area contributed by atoms with Crippen LogP contribution < -0.4 is 5.43 Å². The summed E-state index contributed by atoms with van der Waals surface area (Å²) in [7, 11) is 0. The molecule has 0 fully saturated rings. The standard InChI is InChI=1S/C16H13Cl3N4/c1-2-9-4-3-5-11-10(7-20-14(9)11)8-21-23-16-13(18)6-12(17)15(19)22-16/h3-8,20H,2H2,1H3,(H,22,23)/b21-8+. The molecule has 2 N–H and O–H groups in total. The van der Waals surface area contributed by atoms with Gasteiger partial charge in [-0.25, -0.2) is 4.98 Å². The number of pyridine rings is 1. The van der Waals surface area contributed by atoms with Crippen LogP contribution in [0.15, 0.2) is 35.6 Å². The fourth-order valence-electron chi connectivity index (χ4n) is 2.33. The Balaban J connectivity index is 1.85. The Bertz CT molecular complexity index is 886. The second-order valence-electron chi connectivity index (χ2n) is 4.90. The third-order valence-electron chi connectivity index (χ3n) is 3.48. The van der Waals surface area contributed by atoms with Gasteiger partial charge >= 0.3 is 0 Å². The predicted molar refractivity (Wildman–Crippen MR) is 98.2 cm³/mol. The first-order valence-corrected chi connectivity index (χ1v) is 8.13. The van der Waals surface area contributed by atoms with Crippen LogP contribution in [0.4, 0.5) is 5.82 Å². The molecule has 0 radical (unpaired) electrons. The zero-order chi connectivity index (χ0) is 16.4. The van der Waals surface area contributed by atoms with Crippen molar-refractivity contribution in [2.75, 3.05) is 5.43 Å². The fraction of sp³-hybridized carbons (Fsp3) is 0.125. The molecule has 118 valence electrons. The molecule has 0 bridgehead atoms.